The first-order chi connectivity index (χ1) is 11.7. The monoisotopic (exact) mass is 344 g/mol. The van der Waals surface area contributed by atoms with Crippen LogP contribution in [0.2, 0.25) is 0 Å². The third kappa shape index (κ3) is 4.29. The molecule has 1 aromatic heterocycles. The normalized spacial score (nSPS) is 13.2. The highest BCUT2D eigenvalue weighted by Crippen LogP contribution is 2.25. The van der Waals surface area contributed by atoms with Crippen LogP contribution in [0.3, 0.4) is 0 Å². The summed E-state index contributed by atoms with van der Waals surface area (Å²) >= 11 is 0. The number of fused-ring (bicyclic) bond motifs is 1. The molecule has 0 unspecified atom stereocenters. The van der Waals surface area contributed by atoms with Crippen LogP contribution in [0, 0.1) is 17.2 Å². The van der Waals surface area contributed by atoms with Gasteiger partial charge in [-0.05, 0) is 25.0 Å². The van der Waals surface area contributed by atoms with Crippen molar-refractivity contribution < 1.29 is 23.8 Å². The number of carbonyl (C=O) groups excluding carboxylic acids is 2. The second-order valence-corrected chi connectivity index (χ2v) is 6.30. The van der Waals surface area contributed by atoms with Gasteiger partial charge < -0.3 is 19.6 Å². The number of nitriles is 1. The van der Waals surface area contributed by atoms with E-state index in [1.807, 2.05) is 13.8 Å². The molecule has 2 rings (SSSR count). The fraction of sp³-hybridized carbons (Fsp3) is 0.389. The lowest BCUT2D eigenvalue weighted by molar-refractivity contribution is -0.148. The molecule has 132 valence electrons. The summed E-state index contributed by atoms with van der Waals surface area (Å²) in [4.78, 5) is 23.8. The minimum atomic E-state index is -1.02. The van der Waals surface area contributed by atoms with Gasteiger partial charge >= 0.3 is 5.97 Å². The van der Waals surface area contributed by atoms with Crippen LogP contribution < -0.4 is 5.32 Å². The van der Waals surface area contributed by atoms with Gasteiger partial charge in [-0.1, -0.05) is 13.8 Å². The molecule has 0 spiro atoms. The Morgan fingerprint density at radius 2 is 2.16 bits per heavy atom. The predicted molar refractivity (Wildman–Crippen MR) is 89.5 cm³/mol. The molecule has 0 aliphatic carbocycles. The molecule has 25 heavy (non-hydrogen) atoms. The Balaban J connectivity index is 1.92. The van der Waals surface area contributed by atoms with E-state index in [1.54, 1.807) is 13.0 Å². The Labute approximate surface area is 145 Å². The number of hydrogen-bond donors (Lipinski definition) is 2. The molecule has 2 N–H and O–H groups in total. The number of hydrogen-bond acceptors (Lipinski definition) is 6. The van der Waals surface area contributed by atoms with Gasteiger partial charge in [-0.2, -0.15) is 5.26 Å². The molecule has 0 fully saturated rings. The highest BCUT2D eigenvalue weighted by molar-refractivity contribution is 5.87. The Kier molecular flexibility index (Phi) is 5.32. The van der Waals surface area contributed by atoms with Gasteiger partial charge in [0.05, 0.1) is 18.8 Å². The van der Waals surface area contributed by atoms with Crippen molar-refractivity contribution in [2.75, 3.05) is 6.61 Å². The molecule has 1 heterocycles. The van der Waals surface area contributed by atoms with Crippen molar-refractivity contribution in [2.24, 2.45) is 5.92 Å². The summed E-state index contributed by atoms with van der Waals surface area (Å²) in [5.74, 6) is -1.15. The number of benzene rings is 1. The first-order valence-electron chi connectivity index (χ1n) is 7.82. The predicted octanol–water partition coefficient (Wildman–Crippen LogP) is 2.28. The summed E-state index contributed by atoms with van der Waals surface area (Å²) in [5.41, 5.74) is 0.0402. The van der Waals surface area contributed by atoms with E-state index >= 15 is 0 Å². The van der Waals surface area contributed by atoms with Gasteiger partial charge in [0, 0.05) is 17.0 Å². The van der Waals surface area contributed by atoms with Crippen molar-refractivity contribution in [3.05, 3.63) is 30.0 Å². The molecule has 0 saturated heterocycles. The van der Waals surface area contributed by atoms with Crippen molar-refractivity contribution in [2.45, 2.75) is 32.7 Å². The number of nitrogens with one attached hydrogen (secondary N) is 1. The lowest BCUT2D eigenvalue weighted by Crippen LogP contribution is -2.50. The quantitative estimate of drug-likeness (QED) is 0.777. The molecule has 1 amide bonds. The van der Waals surface area contributed by atoms with E-state index in [9.17, 15) is 20.0 Å². The standard InChI is InChI=1S/C18H20N2O5/c1-11(2)18(3,10-19)20-16(22)9-25-17(23)6-12-8-24-15-7-13(21)4-5-14(12)15/h4-5,7-8,11,21H,6,9H2,1-3H3,(H,20,22)/t18-/m0/s1. The Morgan fingerprint density at radius 1 is 1.44 bits per heavy atom. The van der Waals surface area contributed by atoms with Gasteiger partial charge in [0.15, 0.2) is 6.61 Å². The molecule has 0 aliphatic heterocycles. The van der Waals surface area contributed by atoms with E-state index in [1.165, 1.54) is 18.4 Å². The number of esters is 1. The zero-order valence-corrected chi connectivity index (χ0v) is 14.3. The molecule has 1 atom stereocenters. The van der Waals surface area contributed by atoms with E-state index in [2.05, 4.69) is 11.4 Å². The molecule has 1 aromatic carbocycles. The number of amides is 1. The average Bonchev–Trinajstić information content (AvgIpc) is 2.94. The van der Waals surface area contributed by atoms with Gasteiger partial charge in [-0.15, -0.1) is 0 Å². The summed E-state index contributed by atoms with van der Waals surface area (Å²) in [6.07, 6.45) is 1.35. The number of rotatable bonds is 6. The largest absolute Gasteiger partial charge is 0.508 e. The molecule has 0 radical (unpaired) electrons. The number of carbonyl (C=O) groups is 2. The third-order valence-electron chi connectivity index (χ3n) is 4.12. The fourth-order valence-electron chi connectivity index (χ4n) is 2.19. The maximum absolute atomic E-state index is 11.9. The second kappa shape index (κ2) is 7.26. The topological polar surface area (TPSA) is 113 Å². The van der Waals surface area contributed by atoms with Crippen molar-refractivity contribution in [3.63, 3.8) is 0 Å². The molecule has 0 bridgehead atoms. The van der Waals surface area contributed by atoms with Crippen LogP contribution in [0.15, 0.2) is 28.9 Å². The van der Waals surface area contributed by atoms with E-state index in [0.717, 1.165) is 0 Å². The van der Waals surface area contributed by atoms with Gasteiger partial charge in [0.25, 0.3) is 5.91 Å². The molecular formula is C18H20N2O5. The first-order valence-corrected chi connectivity index (χ1v) is 7.82. The van der Waals surface area contributed by atoms with Crippen LogP contribution in [-0.2, 0) is 20.7 Å². The van der Waals surface area contributed by atoms with Gasteiger partial charge in [-0.3, -0.25) is 9.59 Å². The third-order valence-corrected chi connectivity index (χ3v) is 4.12. The van der Waals surface area contributed by atoms with Gasteiger partial charge in [0.2, 0.25) is 0 Å². The van der Waals surface area contributed by atoms with Crippen molar-refractivity contribution >= 4 is 22.8 Å². The SMILES string of the molecule is CC(C)[C@](C)(C#N)NC(=O)COC(=O)Cc1coc2cc(O)ccc12. The Morgan fingerprint density at radius 3 is 2.80 bits per heavy atom. The smallest absolute Gasteiger partial charge is 0.310 e. The van der Waals surface area contributed by atoms with Gasteiger partial charge in [-0.25, -0.2) is 0 Å². The van der Waals surface area contributed by atoms with E-state index < -0.39 is 24.0 Å². The summed E-state index contributed by atoms with van der Waals surface area (Å²) in [7, 11) is 0. The highest BCUT2D eigenvalue weighted by Gasteiger charge is 2.30. The number of phenolic OH excluding ortho intramolecular Hbond substituents is 1. The number of nitrogens with zero attached hydrogens (tertiary/aromatic N) is 1. The average molecular weight is 344 g/mol. The molecule has 0 saturated carbocycles. The lowest BCUT2D eigenvalue weighted by Gasteiger charge is -2.27. The lowest BCUT2D eigenvalue weighted by atomic mass is 9.90. The first kappa shape index (κ1) is 18.3. The highest BCUT2D eigenvalue weighted by atomic mass is 16.5. The van der Waals surface area contributed by atoms with E-state index in [4.69, 9.17) is 9.15 Å². The summed E-state index contributed by atoms with van der Waals surface area (Å²) < 4.78 is 10.2. The maximum Gasteiger partial charge on any atom is 0.310 e. The maximum atomic E-state index is 11.9. The van der Waals surface area contributed by atoms with Crippen molar-refractivity contribution in [1.29, 1.82) is 5.26 Å². The van der Waals surface area contributed by atoms with Crippen molar-refractivity contribution in [3.8, 4) is 11.8 Å². The summed E-state index contributed by atoms with van der Waals surface area (Å²) in [5, 5.41) is 21.8. The zero-order valence-electron chi connectivity index (χ0n) is 14.3. The molecule has 2 aromatic rings. The minimum absolute atomic E-state index is 0.0647. The number of phenols is 1. The van der Waals surface area contributed by atoms with Crippen LogP contribution in [0.25, 0.3) is 11.0 Å². The number of ether oxygens (including phenoxy) is 1. The molecule has 0 aliphatic rings. The molecule has 7 heteroatoms. The van der Waals surface area contributed by atoms with Gasteiger partial charge in [0.1, 0.15) is 16.9 Å². The Hall–Kier alpha value is -3.01. The van der Waals surface area contributed by atoms with E-state index in [-0.39, 0.29) is 18.1 Å². The molecular weight excluding hydrogens is 324 g/mol. The second-order valence-electron chi connectivity index (χ2n) is 6.30. The molecule has 7 nitrogen and oxygen atoms in total. The summed E-state index contributed by atoms with van der Waals surface area (Å²) in [6, 6.07) is 6.64. The number of furan rings is 1. The van der Waals surface area contributed by atoms with Crippen LogP contribution >= 0.6 is 0 Å². The van der Waals surface area contributed by atoms with Crippen LogP contribution in [-0.4, -0.2) is 29.1 Å². The van der Waals surface area contributed by atoms with E-state index in [0.29, 0.717) is 16.5 Å². The minimum Gasteiger partial charge on any atom is -0.508 e. The Bertz CT molecular complexity index is 834. The van der Waals surface area contributed by atoms with Crippen LogP contribution in [0.5, 0.6) is 5.75 Å². The van der Waals surface area contributed by atoms with Crippen LogP contribution in [0.4, 0.5) is 0 Å². The summed E-state index contributed by atoms with van der Waals surface area (Å²) in [6.45, 7) is 4.79. The fourth-order valence-corrected chi connectivity index (χ4v) is 2.19. The van der Waals surface area contributed by atoms with Crippen molar-refractivity contribution in [1.82, 2.24) is 5.32 Å². The zero-order chi connectivity index (χ0) is 18.6. The number of aromatic hydroxyl groups is 1. The van der Waals surface area contributed by atoms with Crippen LogP contribution in [0.1, 0.15) is 26.3 Å².